The molecule has 4 rings (SSSR count). The van der Waals surface area contributed by atoms with Gasteiger partial charge in [-0.1, -0.05) is 67.6 Å². The number of benzene rings is 3. The average molecular weight is 339 g/mol. The Morgan fingerprint density at radius 3 is 2.35 bits per heavy atom. The Hall–Kier alpha value is -3.33. The highest BCUT2D eigenvalue weighted by Crippen LogP contribution is 2.29. The molecule has 2 N–H and O–H groups in total. The van der Waals surface area contributed by atoms with Crippen LogP contribution in [0, 0.1) is 0 Å². The van der Waals surface area contributed by atoms with E-state index in [1.807, 2.05) is 36.4 Å². The molecule has 0 aliphatic carbocycles. The lowest BCUT2D eigenvalue weighted by Gasteiger charge is -2.10. The number of imidazole rings is 1. The third-order valence-electron chi connectivity index (χ3n) is 4.48. The molecule has 0 saturated carbocycles. The summed E-state index contributed by atoms with van der Waals surface area (Å²) in [4.78, 5) is 4.89. The van der Waals surface area contributed by atoms with Crippen LogP contribution >= 0.6 is 0 Å². The van der Waals surface area contributed by atoms with Gasteiger partial charge in [0.05, 0.1) is 11.0 Å². The van der Waals surface area contributed by atoms with Gasteiger partial charge in [0, 0.05) is 16.9 Å². The number of aromatic nitrogens is 2. The lowest BCUT2D eigenvalue weighted by atomic mass is 10.1. The van der Waals surface area contributed by atoms with Crippen molar-refractivity contribution in [1.82, 2.24) is 9.55 Å². The van der Waals surface area contributed by atoms with Gasteiger partial charge in [-0.3, -0.25) is 4.57 Å². The summed E-state index contributed by atoms with van der Waals surface area (Å²) in [6.45, 7) is 2.09. The van der Waals surface area contributed by atoms with Crippen molar-refractivity contribution in [2.24, 2.45) is 5.73 Å². The molecule has 3 aromatic carbocycles. The van der Waals surface area contributed by atoms with Crippen molar-refractivity contribution in [3.05, 3.63) is 90.5 Å². The van der Waals surface area contributed by atoms with Gasteiger partial charge in [-0.2, -0.15) is 0 Å². The summed E-state index contributed by atoms with van der Waals surface area (Å²) in [7, 11) is 0. The maximum absolute atomic E-state index is 6.12. The number of rotatable bonds is 4. The van der Waals surface area contributed by atoms with E-state index >= 15 is 0 Å². The van der Waals surface area contributed by atoms with E-state index in [1.165, 1.54) is 0 Å². The molecule has 1 heterocycles. The summed E-state index contributed by atoms with van der Waals surface area (Å²) in [5.74, 6) is 0.932. The van der Waals surface area contributed by atoms with Crippen molar-refractivity contribution in [2.75, 3.05) is 0 Å². The fourth-order valence-corrected chi connectivity index (χ4v) is 3.21. The molecule has 1 aromatic heterocycles. The first-order valence-electron chi connectivity index (χ1n) is 8.87. The quantitative estimate of drug-likeness (QED) is 0.541. The Labute approximate surface area is 153 Å². The van der Waals surface area contributed by atoms with Gasteiger partial charge in [-0.05, 0) is 36.2 Å². The van der Waals surface area contributed by atoms with Crippen LogP contribution in [-0.2, 0) is 0 Å². The summed E-state index contributed by atoms with van der Waals surface area (Å²) in [6.07, 6.45) is 2.96. The van der Waals surface area contributed by atoms with Gasteiger partial charge in [-0.15, -0.1) is 0 Å². The van der Waals surface area contributed by atoms with Crippen molar-refractivity contribution in [3.63, 3.8) is 0 Å². The Morgan fingerprint density at radius 1 is 0.923 bits per heavy atom. The lowest BCUT2D eigenvalue weighted by Crippen LogP contribution is -1.98. The first-order valence-corrected chi connectivity index (χ1v) is 8.87. The largest absolute Gasteiger partial charge is 0.399 e. The van der Waals surface area contributed by atoms with E-state index in [9.17, 15) is 0 Å². The molecule has 0 fully saturated rings. The van der Waals surface area contributed by atoms with E-state index in [1.54, 1.807) is 0 Å². The molecule has 0 radical (unpaired) electrons. The number of para-hydroxylation sites is 3. The van der Waals surface area contributed by atoms with E-state index in [4.69, 9.17) is 10.7 Å². The smallest absolute Gasteiger partial charge is 0.145 e. The number of nitrogens with zero attached hydrogens (tertiary/aromatic N) is 2. The molecule has 0 saturated heterocycles. The Balaban J connectivity index is 1.88. The summed E-state index contributed by atoms with van der Waals surface area (Å²) in [6, 6.07) is 26.9. The molecular formula is C23H21N3. The zero-order chi connectivity index (χ0) is 17.9. The molecule has 0 atom stereocenters. The standard InChI is InChI=1S/C23H21N3/c1-2-8-20(24)17-13-15-18(16-14-17)23-25-21-11-6-7-12-22(21)26(23)19-9-4-3-5-10-19/h3-16H,2,24H2,1H3/b20-8-. The topological polar surface area (TPSA) is 43.8 Å². The van der Waals surface area contributed by atoms with Crippen LogP contribution in [-0.4, -0.2) is 9.55 Å². The van der Waals surface area contributed by atoms with Gasteiger partial charge in [0.1, 0.15) is 5.82 Å². The molecule has 0 spiro atoms. The Morgan fingerprint density at radius 2 is 1.62 bits per heavy atom. The van der Waals surface area contributed by atoms with Crippen LogP contribution in [0.5, 0.6) is 0 Å². The first-order chi connectivity index (χ1) is 12.8. The van der Waals surface area contributed by atoms with Gasteiger partial charge >= 0.3 is 0 Å². The maximum Gasteiger partial charge on any atom is 0.145 e. The summed E-state index contributed by atoms with van der Waals surface area (Å²) in [5, 5.41) is 0. The van der Waals surface area contributed by atoms with Crippen molar-refractivity contribution in [3.8, 4) is 17.1 Å². The van der Waals surface area contributed by atoms with Crippen LogP contribution in [0.3, 0.4) is 0 Å². The van der Waals surface area contributed by atoms with E-state index in [2.05, 4.69) is 60.0 Å². The van der Waals surface area contributed by atoms with Gasteiger partial charge in [0.2, 0.25) is 0 Å². The summed E-state index contributed by atoms with van der Waals surface area (Å²) >= 11 is 0. The fourth-order valence-electron chi connectivity index (χ4n) is 3.21. The highest BCUT2D eigenvalue weighted by atomic mass is 15.1. The van der Waals surface area contributed by atoms with Crippen molar-refractivity contribution in [2.45, 2.75) is 13.3 Å². The van der Waals surface area contributed by atoms with Crippen LogP contribution in [0.25, 0.3) is 33.8 Å². The van der Waals surface area contributed by atoms with E-state index in [-0.39, 0.29) is 0 Å². The van der Waals surface area contributed by atoms with Gasteiger partial charge < -0.3 is 5.73 Å². The number of fused-ring (bicyclic) bond motifs is 1. The predicted molar refractivity (Wildman–Crippen MR) is 109 cm³/mol. The third-order valence-corrected chi connectivity index (χ3v) is 4.48. The van der Waals surface area contributed by atoms with Crippen molar-refractivity contribution >= 4 is 16.7 Å². The van der Waals surface area contributed by atoms with Crippen LogP contribution in [0.1, 0.15) is 18.9 Å². The predicted octanol–water partition coefficient (Wildman–Crippen LogP) is 5.40. The second-order valence-corrected chi connectivity index (χ2v) is 6.24. The average Bonchev–Trinajstić information content (AvgIpc) is 3.08. The van der Waals surface area contributed by atoms with Crippen molar-refractivity contribution in [1.29, 1.82) is 0 Å². The minimum atomic E-state index is 0.815. The minimum Gasteiger partial charge on any atom is -0.399 e. The molecule has 3 nitrogen and oxygen atoms in total. The highest BCUT2D eigenvalue weighted by Gasteiger charge is 2.13. The molecule has 3 heteroatoms. The van der Waals surface area contributed by atoms with Crippen LogP contribution < -0.4 is 5.73 Å². The molecule has 0 aliphatic heterocycles. The molecule has 128 valence electrons. The molecule has 4 aromatic rings. The molecule has 26 heavy (non-hydrogen) atoms. The third kappa shape index (κ3) is 2.88. The minimum absolute atomic E-state index is 0.815. The molecule has 0 aliphatic rings. The number of nitrogens with two attached hydrogens (primary N) is 1. The Bertz CT molecular complexity index is 1060. The van der Waals surface area contributed by atoms with E-state index in [0.717, 1.165) is 45.8 Å². The summed E-state index contributed by atoms with van der Waals surface area (Å²) in [5.41, 5.74) is 12.2. The molecule has 0 bridgehead atoms. The highest BCUT2D eigenvalue weighted by molar-refractivity contribution is 5.83. The van der Waals surface area contributed by atoms with Gasteiger partial charge in [0.25, 0.3) is 0 Å². The Kier molecular flexibility index (Phi) is 4.28. The normalized spacial score (nSPS) is 11.8. The summed E-state index contributed by atoms with van der Waals surface area (Å²) < 4.78 is 2.20. The monoisotopic (exact) mass is 339 g/mol. The second kappa shape index (κ2) is 6.89. The van der Waals surface area contributed by atoms with Crippen LogP contribution in [0.15, 0.2) is 84.9 Å². The lowest BCUT2D eigenvalue weighted by molar-refractivity contribution is 1.10. The van der Waals surface area contributed by atoms with Crippen LogP contribution in [0.2, 0.25) is 0 Å². The SMILES string of the molecule is CC/C=C(\N)c1ccc(-c2nc3ccccc3n2-c2ccccc2)cc1. The zero-order valence-electron chi connectivity index (χ0n) is 14.8. The van der Waals surface area contributed by atoms with Gasteiger partial charge in [0.15, 0.2) is 0 Å². The van der Waals surface area contributed by atoms with E-state index < -0.39 is 0 Å². The second-order valence-electron chi connectivity index (χ2n) is 6.24. The molecule has 0 unspecified atom stereocenters. The first kappa shape index (κ1) is 16.2. The van der Waals surface area contributed by atoms with E-state index in [0.29, 0.717) is 0 Å². The van der Waals surface area contributed by atoms with Crippen LogP contribution in [0.4, 0.5) is 0 Å². The number of hydrogen-bond acceptors (Lipinski definition) is 2. The van der Waals surface area contributed by atoms with Crippen molar-refractivity contribution < 1.29 is 0 Å². The maximum atomic E-state index is 6.12. The fraction of sp³-hybridized carbons (Fsp3) is 0.0870. The molecule has 0 amide bonds. The number of allylic oxidation sites excluding steroid dienone is 1. The zero-order valence-corrected chi connectivity index (χ0v) is 14.8. The number of hydrogen-bond donors (Lipinski definition) is 1. The molecular weight excluding hydrogens is 318 g/mol. The van der Waals surface area contributed by atoms with Gasteiger partial charge in [-0.25, -0.2) is 4.98 Å².